The Bertz CT molecular complexity index is 2070. The molecule has 6 aromatic rings. The van der Waals surface area contributed by atoms with Crippen molar-refractivity contribution < 1.29 is 14.3 Å². The van der Waals surface area contributed by atoms with Crippen LogP contribution in [0, 0.1) is 0 Å². The summed E-state index contributed by atoms with van der Waals surface area (Å²) in [6.45, 7) is 0.533. The first kappa shape index (κ1) is 33.7. The summed E-state index contributed by atoms with van der Waals surface area (Å²) in [6, 6.07) is 43.3. The molecule has 7 rings (SSSR count). The summed E-state index contributed by atoms with van der Waals surface area (Å²) in [5.41, 5.74) is 18.3. The first-order valence-electron chi connectivity index (χ1n) is 16.3. The molecule has 0 unspecified atom stereocenters. The Balaban J connectivity index is 1.29. The van der Waals surface area contributed by atoms with E-state index < -0.39 is 5.41 Å². The van der Waals surface area contributed by atoms with Crippen molar-refractivity contribution in [3.8, 4) is 5.75 Å². The Hall–Kier alpha value is -4.80. The molecule has 4 N–H and O–H groups in total. The van der Waals surface area contributed by atoms with Crippen molar-refractivity contribution in [2.75, 3.05) is 30.5 Å². The lowest BCUT2D eigenvalue weighted by Crippen LogP contribution is -2.43. The third-order valence-corrected chi connectivity index (χ3v) is 10.1. The maximum absolute atomic E-state index is 13.0. The molecule has 250 valence electrons. The number of nitrogens with one attached hydrogen (secondary N) is 4. The molecule has 0 fully saturated rings. The predicted octanol–water partition coefficient (Wildman–Crippen LogP) is 8.88. The number of Topliss-reactive ketones (excluding diaryl/α,β-unsaturated/α-hetero) is 2. The van der Waals surface area contributed by atoms with E-state index in [4.69, 9.17) is 4.74 Å². The summed E-state index contributed by atoms with van der Waals surface area (Å²) < 4.78 is 8.46. The lowest BCUT2D eigenvalue weighted by molar-refractivity contribution is 0.0985. The number of ether oxygens (including phenoxy) is 1. The average molecular weight is 791 g/mol. The lowest BCUT2D eigenvalue weighted by atomic mass is 9.68. The van der Waals surface area contributed by atoms with Gasteiger partial charge in [0.05, 0.1) is 29.9 Å². The average Bonchev–Trinajstić information content (AvgIpc) is 3.15. The topological polar surface area (TPSA) is 91.5 Å². The van der Waals surface area contributed by atoms with Gasteiger partial charge in [-0.1, -0.05) is 135 Å². The number of anilines is 2. The first-order chi connectivity index (χ1) is 24.4. The van der Waals surface area contributed by atoms with E-state index in [1.165, 1.54) is 0 Å². The fourth-order valence-corrected chi connectivity index (χ4v) is 7.37. The maximum Gasteiger partial charge on any atom is 0.178 e. The Morgan fingerprint density at radius 1 is 0.620 bits per heavy atom. The summed E-state index contributed by atoms with van der Waals surface area (Å²) in [7, 11) is 0. The third-order valence-electron chi connectivity index (χ3n) is 9.08. The molecule has 0 spiro atoms. The number of halogens is 2. The summed E-state index contributed by atoms with van der Waals surface area (Å²) in [5.74, 6) is 0.804. The number of rotatable bonds is 12. The lowest BCUT2D eigenvalue weighted by Gasteiger charge is -2.41. The van der Waals surface area contributed by atoms with Gasteiger partial charge < -0.3 is 15.6 Å². The van der Waals surface area contributed by atoms with Crippen LogP contribution < -0.4 is 26.4 Å². The molecule has 1 aliphatic heterocycles. The second-order valence-corrected chi connectivity index (χ2v) is 14.1. The van der Waals surface area contributed by atoms with E-state index in [0.29, 0.717) is 24.2 Å². The highest BCUT2D eigenvalue weighted by Gasteiger charge is 2.43. The van der Waals surface area contributed by atoms with Gasteiger partial charge >= 0.3 is 0 Å². The Morgan fingerprint density at radius 2 is 1.14 bits per heavy atom. The highest BCUT2D eigenvalue weighted by Crippen LogP contribution is 2.49. The molecule has 0 aliphatic carbocycles. The standard InChI is InChI=1S/C41H34Br2N4O3/c42-30-16-18-34(36(21-30)46-44-24-38(48)28-10-3-1-4-11-28)41(23-33-32-14-8-7-9-27(32)15-20-40(33)50-26-41)35-19-17-31(43)22-37(35)47-45-25-39(49)29-12-5-2-6-13-29/h1-22,44-47H,23-26H2. The second kappa shape index (κ2) is 15.0. The highest BCUT2D eigenvalue weighted by atomic mass is 79.9. The molecule has 50 heavy (non-hydrogen) atoms. The SMILES string of the molecule is O=C(CNNc1cc(Br)ccc1C1(c2ccc(Br)cc2NNCC(=O)c2ccccc2)COc2ccc3ccccc3c2C1)c1ccccc1. The molecular weight excluding hydrogens is 756 g/mol. The number of fused-ring (bicyclic) bond motifs is 3. The van der Waals surface area contributed by atoms with Crippen molar-refractivity contribution in [3.63, 3.8) is 0 Å². The number of hydrogen-bond acceptors (Lipinski definition) is 7. The molecule has 7 nitrogen and oxygen atoms in total. The van der Waals surface area contributed by atoms with E-state index in [1.807, 2.05) is 91.0 Å². The quantitative estimate of drug-likeness (QED) is 0.0728. The van der Waals surface area contributed by atoms with Gasteiger partial charge in [-0.15, -0.1) is 0 Å². The molecule has 9 heteroatoms. The molecule has 0 atom stereocenters. The number of ketones is 2. The number of benzene rings is 6. The van der Waals surface area contributed by atoms with E-state index >= 15 is 0 Å². The molecule has 0 radical (unpaired) electrons. The fourth-order valence-electron chi connectivity index (χ4n) is 6.64. The van der Waals surface area contributed by atoms with Crippen LogP contribution in [-0.2, 0) is 11.8 Å². The van der Waals surface area contributed by atoms with E-state index in [2.05, 4.69) is 96.0 Å². The summed E-state index contributed by atoms with van der Waals surface area (Å²) in [6.07, 6.45) is 0.627. The van der Waals surface area contributed by atoms with Crippen LogP contribution in [-0.4, -0.2) is 31.3 Å². The molecule has 0 amide bonds. The highest BCUT2D eigenvalue weighted by molar-refractivity contribution is 9.10. The zero-order valence-electron chi connectivity index (χ0n) is 27.0. The van der Waals surface area contributed by atoms with Gasteiger partial charge in [-0.3, -0.25) is 9.59 Å². The smallest absolute Gasteiger partial charge is 0.178 e. The van der Waals surface area contributed by atoms with Gasteiger partial charge in [0.2, 0.25) is 0 Å². The van der Waals surface area contributed by atoms with Gasteiger partial charge in [-0.25, -0.2) is 10.9 Å². The number of carbonyl (C=O) groups excluding carboxylic acids is 2. The summed E-state index contributed by atoms with van der Waals surface area (Å²) >= 11 is 7.35. The first-order valence-corrected chi connectivity index (χ1v) is 17.9. The molecule has 1 aliphatic rings. The van der Waals surface area contributed by atoms with E-state index in [0.717, 1.165) is 53.5 Å². The predicted molar refractivity (Wildman–Crippen MR) is 207 cm³/mol. The minimum atomic E-state index is -0.709. The van der Waals surface area contributed by atoms with Crippen LogP contribution in [0.3, 0.4) is 0 Å². The van der Waals surface area contributed by atoms with E-state index in [9.17, 15) is 9.59 Å². The Labute approximate surface area is 307 Å². The van der Waals surface area contributed by atoms with Crippen molar-refractivity contribution in [1.82, 2.24) is 10.9 Å². The summed E-state index contributed by atoms with van der Waals surface area (Å²) in [5, 5.41) is 2.27. The molecule has 0 saturated carbocycles. The molecule has 1 heterocycles. The fraction of sp³-hybridized carbons (Fsp3) is 0.122. The van der Waals surface area contributed by atoms with E-state index in [-0.39, 0.29) is 24.7 Å². The van der Waals surface area contributed by atoms with Gasteiger partial charge in [-0.05, 0) is 58.7 Å². The minimum absolute atomic E-state index is 0.0266. The van der Waals surface area contributed by atoms with Crippen molar-refractivity contribution in [2.45, 2.75) is 11.8 Å². The van der Waals surface area contributed by atoms with Gasteiger partial charge in [0.15, 0.2) is 11.6 Å². The van der Waals surface area contributed by atoms with Crippen LogP contribution in [0.5, 0.6) is 5.75 Å². The van der Waals surface area contributed by atoms with Crippen LogP contribution >= 0.6 is 31.9 Å². The number of hydrogen-bond donors (Lipinski definition) is 4. The zero-order valence-corrected chi connectivity index (χ0v) is 30.2. The van der Waals surface area contributed by atoms with Gasteiger partial charge in [-0.2, -0.15) is 0 Å². The largest absolute Gasteiger partial charge is 0.492 e. The van der Waals surface area contributed by atoms with E-state index in [1.54, 1.807) is 0 Å². The van der Waals surface area contributed by atoms with Crippen LogP contribution in [0.1, 0.15) is 37.4 Å². The van der Waals surface area contributed by atoms with Gasteiger partial charge in [0, 0.05) is 25.6 Å². The van der Waals surface area contributed by atoms with Crippen molar-refractivity contribution in [1.29, 1.82) is 0 Å². The second-order valence-electron chi connectivity index (χ2n) is 12.2. The molecule has 0 bridgehead atoms. The minimum Gasteiger partial charge on any atom is -0.492 e. The van der Waals surface area contributed by atoms with Crippen LogP contribution in [0.15, 0.2) is 142 Å². The molecule has 6 aromatic carbocycles. The Morgan fingerprint density at radius 3 is 1.70 bits per heavy atom. The maximum atomic E-state index is 13.0. The number of hydrazine groups is 2. The Kier molecular flexibility index (Phi) is 10.1. The normalized spacial score (nSPS) is 13.2. The van der Waals surface area contributed by atoms with Crippen LogP contribution in [0.25, 0.3) is 10.8 Å². The van der Waals surface area contributed by atoms with Crippen molar-refractivity contribution in [3.05, 3.63) is 170 Å². The molecule has 0 saturated heterocycles. The molecular formula is C41H34Br2N4O3. The molecule has 0 aromatic heterocycles. The number of carbonyl (C=O) groups is 2. The van der Waals surface area contributed by atoms with Gasteiger partial charge in [0.1, 0.15) is 12.4 Å². The zero-order chi connectivity index (χ0) is 34.5. The van der Waals surface area contributed by atoms with Crippen LogP contribution in [0.4, 0.5) is 11.4 Å². The van der Waals surface area contributed by atoms with Gasteiger partial charge in [0.25, 0.3) is 0 Å². The monoisotopic (exact) mass is 788 g/mol. The third kappa shape index (κ3) is 7.09. The summed E-state index contributed by atoms with van der Waals surface area (Å²) in [4.78, 5) is 25.9. The van der Waals surface area contributed by atoms with Crippen molar-refractivity contribution in [2.24, 2.45) is 0 Å². The van der Waals surface area contributed by atoms with Crippen LogP contribution in [0.2, 0.25) is 0 Å². The van der Waals surface area contributed by atoms with Crippen molar-refractivity contribution >= 4 is 65.6 Å².